The van der Waals surface area contributed by atoms with Gasteiger partial charge in [0.1, 0.15) is 0 Å². The number of carbonyl (C=O) groups excluding carboxylic acids is 1. The van der Waals surface area contributed by atoms with Crippen LogP contribution < -0.4 is 0 Å². The number of morpholine rings is 1. The predicted molar refractivity (Wildman–Crippen MR) is 166 cm³/mol. The summed E-state index contributed by atoms with van der Waals surface area (Å²) in [4.78, 5) is 14.2. The molecule has 6 rings (SSSR count). The zero-order valence-corrected chi connectivity index (χ0v) is 26.2. The van der Waals surface area contributed by atoms with Gasteiger partial charge in [0, 0.05) is 33.5 Å². The summed E-state index contributed by atoms with van der Waals surface area (Å²) in [7, 11) is -3.65. The van der Waals surface area contributed by atoms with E-state index in [4.69, 9.17) is 9.84 Å². The molecule has 1 amide bonds. The molecule has 3 aliphatic rings. The van der Waals surface area contributed by atoms with Crippen molar-refractivity contribution >= 4 is 59.6 Å². The fourth-order valence-electron chi connectivity index (χ4n) is 5.76. The van der Waals surface area contributed by atoms with E-state index < -0.39 is 10.0 Å². The number of halogens is 2. The van der Waals surface area contributed by atoms with Crippen LogP contribution in [0.1, 0.15) is 46.8 Å². The molecule has 10 heteroatoms. The molecule has 3 aromatic carbocycles. The van der Waals surface area contributed by atoms with Crippen molar-refractivity contribution in [3.63, 3.8) is 0 Å². The Morgan fingerprint density at radius 3 is 2.20 bits per heavy atom. The number of ether oxygens (including phenoxy) is 1. The zero-order valence-electron chi connectivity index (χ0n) is 22.2. The van der Waals surface area contributed by atoms with E-state index in [1.807, 2.05) is 36.4 Å². The predicted octanol–water partition coefficient (Wildman–Crippen LogP) is 6.67. The summed E-state index contributed by atoms with van der Waals surface area (Å²) >= 11 is 7.03. The second-order valence-electron chi connectivity index (χ2n) is 10.4. The Kier molecular flexibility index (Phi) is 8.29. The van der Waals surface area contributed by atoms with Crippen LogP contribution in [0, 0.1) is 5.92 Å². The first-order valence-electron chi connectivity index (χ1n) is 13.6. The number of hydrogen-bond donors (Lipinski definition) is 0. The van der Waals surface area contributed by atoms with Crippen molar-refractivity contribution in [1.82, 2.24) is 9.31 Å². The molecule has 2 unspecified atom stereocenters. The zero-order chi connectivity index (χ0) is 28.6. The summed E-state index contributed by atoms with van der Waals surface area (Å²) in [5.41, 5.74) is 4.60. The highest BCUT2D eigenvalue weighted by molar-refractivity contribution is 9.10. The van der Waals surface area contributed by atoms with Gasteiger partial charge in [-0.05, 0) is 90.6 Å². The number of amides is 1. The largest absolute Gasteiger partial charge is 0.379 e. The highest BCUT2D eigenvalue weighted by Crippen LogP contribution is 2.45. The molecule has 2 heterocycles. The minimum atomic E-state index is -3.65. The summed E-state index contributed by atoms with van der Waals surface area (Å²) in [5, 5.41) is 6.58. The number of sulfonamides is 1. The molecule has 2 atom stereocenters. The van der Waals surface area contributed by atoms with Crippen LogP contribution in [-0.2, 0) is 14.8 Å². The van der Waals surface area contributed by atoms with Crippen LogP contribution in [0.4, 0.5) is 0 Å². The van der Waals surface area contributed by atoms with Gasteiger partial charge in [0.2, 0.25) is 10.0 Å². The first kappa shape index (κ1) is 28.5. The van der Waals surface area contributed by atoms with E-state index in [2.05, 4.69) is 50.1 Å². The fourth-order valence-corrected chi connectivity index (χ4v) is 7.70. The normalized spacial score (nSPS) is 22.4. The number of rotatable bonds is 5. The van der Waals surface area contributed by atoms with Crippen LogP contribution in [0.2, 0.25) is 0 Å². The first-order chi connectivity index (χ1) is 19.8. The van der Waals surface area contributed by atoms with Gasteiger partial charge in [-0.25, -0.2) is 13.4 Å². The SMILES string of the molecule is O=C(c1ccc(S(=O)(=O)N2CCOCC2)cc1)N1N=C2/C(=C\c3ccc(Br)cc3)CCCC2C1c1ccc(Br)cc1. The maximum atomic E-state index is 14.0. The standard InChI is InChI=1S/C31H29Br2N3O4S/c32-25-10-4-21(5-11-25)20-24-2-1-3-28-29(24)34-36(30(28)22-6-12-26(33)13-7-22)31(37)23-8-14-27(15-9-23)41(38,39)35-16-18-40-19-17-35/h4-15,20,28,30H,1-3,16-19H2/b24-20-. The van der Waals surface area contributed by atoms with E-state index in [0.717, 1.165) is 50.6 Å². The lowest BCUT2D eigenvalue weighted by molar-refractivity contribution is 0.0680. The van der Waals surface area contributed by atoms with Gasteiger partial charge in [0.15, 0.2) is 0 Å². The smallest absolute Gasteiger partial charge is 0.274 e. The number of carbonyl (C=O) groups is 1. The minimum absolute atomic E-state index is 0.0662. The topological polar surface area (TPSA) is 79.3 Å². The highest BCUT2D eigenvalue weighted by atomic mass is 79.9. The minimum Gasteiger partial charge on any atom is -0.379 e. The van der Waals surface area contributed by atoms with Crippen LogP contribution in [-0.4, -0.2) is 55.7 Å². The molecule has 1 saturated carbocycles. The van der Waals surface area contributed by atoms with Crippen LogP contribution in [0.3, 0.4) is 0 Å². The van der Waals surface area contributed by atoms with Gasteiger partial charge in [-0.1, -0.05) is 56.1 Å². The van der Waals surface area contributed by atoms with Crippen molar-refractivity contribution < 1.29 is 17.9 Å². The van der Waals surface area contributed by atoms with E-state index in [-0.39, 0.29) is 22.8 Å². The van der Waals surface area contributed by atoms with Gasteiger partial charge in [-0.2, -0.15) is 9.41 Å². The number of hydrogen-bond acceptors (Lipinski definition) is 5. The van der Waals surface area contributed by atoms with E-state index in [1.165, 1.54) is 16.4 Å². The molecular formula is C31H29Br2N3O4S. The van der Waals surface area contributed by atoms with E-state index >= 15 is 0 Å². The highest BCUT2D eigenvalue weighted by Gasteiger charge is 2.44. The third-order valence-electron chi connectivity index (χ3n) is 7.84. The molecule has 1 saturated heterocycles. The number of allylic oxidation sites excluding steroid dienone is 1. The monoisotopic (exact) mass is 697 g/mol. The Hall–Kier alpha value is -2.63. The van der Waals surface area contributed by atoms with E-state index in [0.29, 0.717) is 31.9 Å². The third-order valence-corrected chi connectivity index (χ3v) is 10.8. The molecule has 2 fully saturated rings. The van der Waals surface area contributed by atoms with E-state index in [1.54, 1.807) is 17.1 Å². The molecule has 41 heavy (non-hydrogen) atoms. The second kappa shape index (κ2) is 11.9. The van der Waals surface area contributed by atoms with Crippen LogP contribution in [0.25, 0.3) is 6.08 Å². The third kappa shape index (κ3) is 5.85. The fraction of sp³-hybridized carbons (Fsp3) is 0.290. The molecular weight excluding hydrogens is 670 g/mol. The molecule has 0 N–H and O–H groups in total. The maximum absolute atomic E-state index is 14.0. The second-order valence-corrected chi connectivity index (χ2v) is 14.2. The Morgan fingerprint density at radius 1 is 0.902 bits per heavy atom. The molecule has 2 aliphatic heterocycles. The summed E-state index contributed by atoms with van der Waals surface area (Å²) in [6.07, 6.45) is 5.01. The Morgan fingerprint density at radius 2 is 1.54 bits per heavy atom. The molecule has 1 aliphatic carbocycles. The van der Waals surface area contributed by atoms with Crippen molar-refractivity contribution in [1.29, 1.82) is 0 Å². The number of fused-ring (bicyclic) bond motifs is 1. The van der Waals surface area contributed by atoms with Crippen LogP contribution in [0.15, 0.2) is 97.3 Å². The van der Waals surface area contributed by atoms with Crippen molar-refractivity contribution in [3.8, 4) is 0 Å². The quantitative estimate of drug-likeness (QED) is 0.298. The van der Waals surface area contributed by atoms with Crippen LogP contribution >= 0.6 is 31.9 Å². The first-order valence-corrected chi connectivity index (χ1v) is 16.7. The van der Waals surface area contributed by atoms with Crippen molar-refractivity contribution in [2.75, 3.05) is 26.3 Å². The summed E-state index contributed by atoms with van der Waals surface area (Å²) < 4.78 is 34.9. The van der Waals surface area contributed by atoms with Gasteiger partial charge in [-0.15, -0.1) is 0 Å². The lowest BCUT2D eigenvalue weighted by Crippen LogP contribution is -2.40. The van der Waals surface area contributed by atoms with Gasteiger partial charge >= 0.3 is 0 Å². The molecule has 212 valence electrons. The summed E-state index contributed by atoms with van der Waals surface area (Å²) in [5.74, 6) is -0.185. The average molecular weight is 699 g/mol. The Bertz CT molecular complexity index is 1600. The number of nitrogens with zero attached hydrogens (tertiary/aromatic N) is 3. The number of hydrazone groups is 1. The number of benzene rings is 3. The van der Waals surface area contributed by atoms with Crippen molar-refractivity contribution in [2.45, 2.75) is 30.2 Å². The lowest BCUT2D eigenvalue weighted by atomic mass is 9.77. The van der Waals surface area contributed by atoms with E-state index in [9.17, 15) is 13.2 Å². The Balaban J connectivity index is 1.34. The lowest BCUT2D eigenvalue weighted by Gasteiger charge is -2.30. The Labute approximate surface area is 257 Å². The maximum Gasteiger partial charge on any atom is 0.274 e. The molecule has 7 nitrogen and oxygen atoms in total. The molecule has 3 aromatic rings. The van der Waals surface area contributed by atoms with Crippen molar-refractivity contribution in [3.05, 3.63) is 104 Å². The van der Waals surface area contributed by atoms with Gasteiger partial charge < -0.3 is 4.74 Å². The molecule has 0 radical (unpaired) electrons. The van der Waals surface area contributed by atoms with Crippen molar-refractivity contribution in [2.24, 2.45) is 11.0 Å². The summed E-state index contributed by atoms with van der Waals surface area (Å²) in [6.45, 7) is 1.39. The van der Waals surface area contributed by atoms with Gasteiger partial charge in [-0.3, -0.25) is 4.79 Å². The molecule has 0 bridgehead atoms. The van der Waals surface area contributed by atoms with Gasteiger partial charge in [0.05, 0.1) is 29.9 Å². The van der Waals surface area contributed by atoms with Crippen LogP contribution in [0.5, 0.6) is 0 Å². The average Bonchev–Trinajstić information content (AvgIpc) is 3.39. The molecule has 0 aromatic heterocycles. The van der Waals surface area contributed by atoms with Gasteiger partial charge in [0.25, 0.3) is 5.91 Å². The summed E-state index contributed by atoms with van der Waals surface area (Å²) in [6, 6.07) is 22.2. The molecule has 0 spiro atoms.